The zero-order valence-corrected chi connectivity index (χ0v) is 12.8. The standard InChI is InChI=1S/C17H20O2S/c1-3-4-14-11-17(9-10-17)12-16(14)13-5-7-15(8-6-13)20(2,18)19/h3-8H,9-12H2,1-2H3/b4-3+. The van der Waals surface area contributed by atoms with Crippen LogP contribution in [0.4, 0.5) is 0 Å². The Balaban J connectivity index is 1.97. The molecule has 0 saturated heterocycles. The van der Waals surface area contributed by atoms with Gasteiger partial charge in [-0.1, -0.05) is 24.3 Å². The van der Waals surface area contributed by atoms with Gasteiger partial charge in [0, 0.05) is 6.26 Å². The van der Waals surface area contributed by atoms with Gasteiger partial charge in [0.25, 0.3) is 0 Å². The molecule has 106 valence electrons. The molecule has 1 aromatic carbocycles. The van der Waals surface area contributed by atoms with E-state index in [1.54, 1.807) is 12.1 Å². The number of sulfone groups is 1. The van der Waals surface area contributed by atoms with Gasteiger partial charge in [-0.2, -0.15) is 0 Å². The molecule has 1 saturated carbocycles. The summed E-state index contributed by atoms with van der Waals surface area (Å²) in [7, 11) is -3.11. The van der Waals surface area contributed by atoms with E-state index in [2.05, 4.69) is 19.1 Å². The monoisotopic (exact) mass is 288 g/mol. The van der Waals surface area contributed by atoms with Gasteiger partial charge in [0.1, 0.15) is 0 Å². The van der Waals surface area contributed by atoms with Gasteiger partial charge in [0.15, 0.2) is 9.84 Å². The number of benzene rings is 1. The van der Waals surface area contributed by atoms with E-state index in [1.165, 1.54) is 42.2 Å². The summed E-state index contributed by atoms with van der Waals surface area (Å²) in [5, 5.41) is 0. The Morgan fingerprint density at radius 3 is 2.25 bits per heavy atom. The molecule has 0 radical (unpaired) electrons. The van der Waals surface area contributed by atoms with E-state index in [9.17, 15) is 8.42 Å². The third kappa shape index (κ3) is 2.47. The lowest BCUT2D eigenvalue weighted by Gasteiger charge is -2.07. The van der Waals surface area contributed by atoms with Crippen LogP contribution in [-0.2, 0) is 9.84 Å². The molecule has 0 atom stereocenters. The van der Waals surface area contributed by atoms with Gasteiger partial charge in [0.2, 0.25) is 0 Å². The highest BCUT2D eigenvalue weighted by Crippen LogP contribution is 2.61. The SMILES string of the molecule is C/C=C/C1=C(c2ccc(S(C)(=O)=O)cc2)CC2(CC2)C1. The van der Waals surface area contributed by atoms with Crippen LogP contribution in [0.1, 0.15) is 38.2 Å². The second-order valence-corrected chi connectivity index (χ2v) is 8.17. The number of hydrogen-bond donors (Lipinski definition) is 0. The molecule has 2 aliphatic carbocycles. The first kappa shape index (κ1) is 13.6. The molecule has 0 aliphatic heterocycles. The average Bonchev–Trinajstić information content (AvgIpc) is 3.04. The van der Waals surface area contributed by atoms with Crippen molar-refractivity contribution in [1.29, 1.82) is 0 Å². The molecule has 2 aliphatic rings. The topological polar surface area (TPSA) is 34.1 Å². The summed E-state index contributed by atoms with van der Waals surface area (Å²) in [6, 6.07) is 7.36. The minimum atomic E-state index is -3.11. The zero-order valence-electron chi connectivity index (χ0n) is 12.0. The lowest BCUT2D eigenvalue weighted by atomic mass is 9.99. The molecule has 20 heavy (non-hydrogen) atoms. The lowest BCUT2D eigenvalue weighted by Crippen LogP contribution is -1.97. The van der Waals surface area contributed by atoms with Crippen LogP contribution in [0.3, 0.4) is 0 Å². The lowest BCUT2D eigenvalue weighted by molar-refractivity contribution is 0.557. The molecule has 0 unspecified atom stereocenters. The Bertz CT molecular complexity index is 687. The molecule has 1 spiro atoms. The fraction of sp³-hybridized carbons (Fsp3) is 0.412. The Morgan fingerprint density at radius 2 is 1.75 bits per heavy atom. The van der Waals surface area contributed by atoms with Crippen molar-refractivity contribution in [2.45, 2.75) is 37.5 Å². The molecular formula is C17H20O2S. The van der Waals surface area contributed by atoms with Crippen LogP contribution >= 0.6 is 0 Å². The van der Waals surface area contributed by atoms with Gasteiger partial charge >= 0.3 is 0 Å². The van der Waals surface area contributed by atoms with E-state index in [-0.39, 0.29) is 0 Å². The highest BCUT2D eigenvalue weighted by Gasteiger charge is 2.47. The second kappa shape index (κ2) is 4.59. The molecule has 1 fully saturated rings. The molecule has 0 N–H and O–H groups in total. The minimum absolute atomic E-state index is 0.397. The molecule has 1 aromatic rings. The maximum Gasteiger partial charge on any atom is 0.175 e. The first-order chi connectivity index (χ1) is 9.43. The Kier molecular flexibility index (Phi) is 3.13. The zero-order chi connectivity index (χ0) is 14.4. The van der Waals surface area contributed by atoms with Gasteiger partial charge < -0.3 is 0 Å². The summed E-state index contributed by atoms with van der Waals surface area (Å²) in [4.78, 5) is 0.397. The summed E-state index contributed by atoms with van der Waals surface area (Å²) in [5.74, 6) is 0. The predicted octanol–water partition coefficient (Wildman–Crippen LogP) is 3.99. The van der Waals surface area contributed by atoms with Gasteiger partial charge in [-0.3, -0.25) is 0 Å². The van der Waals surface area contributed by atoms with Crippen LogP contribution in [0.25, 0.3) is 5.57 Å². The normalized spacial score (nSPS) is 21.1. The van der Waals surface area contributed by atoms with E-state index in [0.717, 1.165) is 6.42 Å². The van der Waals surface area contributed by atoms with Crippen molar-refractivity contribution in [1.82, 2.24) is 0 Å². The second-order valence-electron chi connectivity index (χ2n) is 6.15. The van der Waals surface area contributed by atoms with Gasteiger partial charge in [-0.05, 0) is 66.9 Å². The molecule has 0 aromatic heterocycles. The molecule has 0 amide bonds. The molecule has 0 bridgehead atoms. The van der Waals surface area contributed by atoms with Crippen molar-refractivity contribution in [3.05, 3.63) is 47.6 Å². The summed E-state index contributed by atoms with van der Waals surface area (Å²) in [5.41, 5.74) is 4.53. The Morgan fingerprint density at radius 1 is 1.10 bits per heavy atom. The molecule has 3 heteroatoms. The van der Waals surface area contributed by atoms with Crippen LogP contribution in [0.5, 0.6) is 0 Å². The summed E-state index contributed by atoms with van der Waals surface area (Å²) >= 11 is 0. The summed E-state index contributed by atoms with van der Waals surface area (Å²) in [6.45, 7) is 2.05. The van der Waals surface area contributed by atoms with Crippen molar-refractivity contribution in [3.63, 3.8) is 0 Å². The largest absolute Gasteiger partial charge is 0.224 e. The van der Waals surface area contributed by atoms with Gasteiger partial charge in [-0.25, -0.2) is 8.42 Å². The quantitative estimate of drug-likeness (QED) is 0.842. The average molecular weight is 288 g/mol. The van der Waals surface area contributed by atoms with Crippen molar-refractivity contribution >= 4 is 15.4 Å². The first-order valence-electron chi connectivity index (χ1n) is 7.09. The third-order valence-corrected chi connectivity index (χ3v) is 5.59. The van der Waals surface area contributed by atoms with E-state index in [1.807, 2.05) is 12.1 Å². The van der Waals surface area contributed by atoms with Crippen LogP contribution in [0.15, 0.2) is 46.9 Å². The molecule has 2 nitrogen and oxygen atoms in total. The van der Waals surface area contributed by atoms with Crippen LogP contribution in [0, 0.1) is 5.41 Å². The van der Waals surface area contributed by atoms with E-state index >= 15 is 0 Å². The van der Waals surface area contributed by atoms with Crippen molar-refractivity contribution < 1.29 is 8.42 Å². The summed E-state index contributed by atoms with van der Waals surface area (Å²) < 4.78 is 23.0. The molecule has 0 heterocycles. The van der Waals surface area contributed by atoms with Crippen molar-refractivity contribution in [2.24, 2.45) is 5.41 Å². The molecular weight excluding hydrogens is 268 g/mol. The van der Waals surface area contributed by atoms with Crippen LogP contribution in [-0.4, -0.2) is 14.7 Å². The highest BCUT2D eigenvalue weighted by molar-refractivity contribution is 7.90. The van der Waals surface area contributed by atoms with Gasteiger partial charge in [-0.15, -0.1) is 0 Å². The minimum Gasteiger partial charge on any atom is -0.224 e. The van der Waals surface area contributed by atoms with E-state index in [0.29, 0.717) is 10.3 Å². The van der Waals surface area contributed by atoms with Gasteiger partial charge in [0.05, 0.1) is 4.90 Å². The Hall–Kier alpha value is -1.35. The maximum atomic E-state index is 11.5. The number of hydrogen-bond acceptors (Lipinski definition) is 2. The summed E-state index contributed by atoms with van der Waals surface area (Å²) in [6.07, 6.45) is 10.6. The highest BCUT2D eigenvalue weighted by atomic mass is 32.2. The fourth-order valence-corrected chi connectivity index (χ4v) is 3.77. The number of allylic oxidation sites excluding steroid dienone is 4. The van der Waals surface area contributed by atoms with Crippen molar-refractivity contribution in [3.8, 4) is 0 Å². The predicted molar refractivity (Wildman–Crippen MR) is 82.2 cm³/mol. The van der Waals surface area contributed by atoms with Crippen LogP contribution in [0.2, 0.25) is 0 Å². The molecule has 3 rings (SSSR count). The van der Waals surface area contributed by atoms with Crippen molar-refractivity contribution in [2.75, 3.05) is 6.26 Å². The third-order valence-electron chi connectivity index (χ3n) is 4.46. The smallest absolute Gasteiger partial charge is 0.175 e. The van der Waals surface area contributed by atoms with Crippen LogP contribution < -0.4 is 0 Å². The van der Waals surface area contributed by atoms with E-state index < -0.39 is 9.84 Å². The Labute approximate surface area is 121 Å². The number of rotatable bonds is 3. The fourth-order valence-electron chi connectivity index (χ4n) is 3.14. The maximum absolute atomic E-state index is 11.5. The van der Waals surface area contributed by atoms with E-state index in [4.69, 9.17) is 0 Å². The first-order valence-corrected chi connectivity index (χ1v) is 8.98.